The Morgan fingerprint density at radius 1 is 1.17 bits per heavy atom. The minimum Gasteiger partial charge on any atom is -0.497 e. The van der Waals surface area contributed by atoms with E-state index in [0.29, 0.717) is 17.0 Å². The van der Waals surface area contributed by atoms with Crippen LogP contribution >= 0.6 is 0 Å². The van der Waals surface area contributed by atoms with Gasteiger partial charge in [-0.25, -0.2) is 9.18 Å². The highest BCUT2D eigenvalue weighted by molar-refractivity contribution is 5.97. The highest BCUT2D eigenvalue weighted by atomic mass is 19.1. The lowest BCUT2D eigenvalue weighted by molar-refractivity contribution is -0.123. The highest BCUT2D eigenvalue weighted by Gasteiger charge is 2.19. The van der Waals surface area contributed by atoms with Crippen LogP contribution in [0.4, 0.5) is 10.1 Å². The lowest BCUT2D eigenvalue weighted by Gasteiger charge is -2.14. The van der Waals surface area contributed by atoms with Gasteiger partial charge in [0.2, 0.25) is 0 Å². The molecule has 126 valence electrons. The topological polar surface area (TPSA) is 64.6 Å². The molecule has 2 aromatic carbocycles. The van der Waals surface area contributed by atoms with Gasteiger partial charge in [-0.3, -0.25) is 4.79 Å². The number of rotatable bonds is 5. The molecule has 0 radical (unpaired) electrons. The summed E-state index contributed by atoms with van der Waals surface area (Å²) in [5.41, 5.74) is 1.05. The Kier molecular flexibility index (Phi) is 5.52. The highest BCUT2D eigenvalue weighted by Crippen LogP contribution is 2.16. The molecule has 1 amide bonds. The normalized spacial score (nSPS) is 11.5. The van der Waals surface area contributed by atoms with Crippen molar-refractivity contribution in [2.45, 2.75) is 20.0 Å². The van der Waals surface area contributed by atoms with Crippen LogP contribution in [0.1, 0.15) is 22.8 Å². The molecule has 2 aromatic rings. The molecular formula is C18H18FNO4. The number of carbonyl (C=O) groups is 2. The monoisotopic (exact) mass is 331 g/mol. The Hall–Kier alpha value is -2.89. The number of hydrogen-bond acceptors (Lipinski definition) is 4. The molecular weight excluding hydrogens is 313 g/mol. The minimum atomic E-state index is -1.03. The first-order chi connectivity index (χ1) is 11.4. The number of carbonyl (C=O) groups excluding carboxylic acids is 2. The van der Waals surface area contributed by atoms with Gasteiger partial charge in [-0.1, -0.05) is 12.1 Å². The zero-order valence-electron chi connectivity index (χ0n) is 13.6. The van der Waals surface area contributed by atoms with Crippen LogP contribution in [0, 0.1) is 12.7 Å². The average Bonchev–Trinajstić information content (AvgIpc) is 2.58. The SMILES string of the molecule is COc1cccc(C(=O)OC(C)C(=O)Nc2ccc(C)c(F)c2)c1. The molecule has 0 heterocycles. The van der Waals surface area contributed by atoms with E-state index in [1.165, 1.54) is 26.2 Å². The van der Waals surface area contributed by atoms with E-state index in [1.54, 1.807) is 37.3 Å². The molecule has 0 aliphatic heterocycles. The van der Waals surface area contributed by atoms with Crippen LogP contribution in [-0.4, -0.2) is 25.1 Å². The first-order valence-corrected chi connectivity index (χ1v) is 7.32. The van der Waals surface area contributed by atoms with Crippen molar-refractivity contribution in [3.8, 4) is 5.75 Å². The third kappa shape index (κ3) is 4.32. The molecule has 0 aliphatic carbocycles. The van der Waals surface area contributed by atoms with Crippen LogP contribution in [-0.2, 0) is 9.53 Å². The summed E-state index contributed by atoms with van der Waals surface area (Å²) in [6.07, 6.45) is -1.03. The number of halogens is 1. The molecule has 2 rings (SSSR count). The number of hydrogen-bond donors (Lipinski definition) is 1. The molecule has 0 aliphatic rings. The number of anilines is 1. The zero-order valence-corrected chi connectivity index (χ0v) is 13.6. The van der Waals surface area contributed by atoms with Crippen molar-refractivity contribution in [3.63, 3.8) is 0 Å². The summed E-state index contributed by atoms with van der Waals surface area (Å²) in [6, 6.07) is 10.8. The Morgan fingerprint density at radius 3 is 2.58 bits per heavy atom. The van der Waals surface area contributed by atoms with Gasteiger partial charge in [0.25, 0.3) is 5.91 Å². The molecule has 0 saturated carbocycles. The van der Waals surface area contributed by atoms with Crippen molar-refractivity contribution in [2.75, 3.05) is 12.4 Å². The molecule has 1 atom stereocenters. The van der Waals surface area contributed by atoms with E-state index in [2.05, 4.69) is 5.32 Å². The second kappa shape index (κ2) is 7.59. The van der Waals surface area contributed by atoms with Gasteiger partial charge in [0.1, 0.15) is 11.6 Å². The van der Waals surface area contributed by atoms with Crippen LogP contribution in [0.25, 0.3) is 0 Å². The first kappa shape index (κ1) is 17.5. The largest absolute Gasteiger partial charge is 0.497 e. The second-order valence-corrected chi connectivity index (χ2v) is 5.23. The fourth-order valence-electron chi connectivity index (χ4n) is 1.95. The van der Waals surface area contributed by atoms with Gasteiger partial charge >= 0.3 is 5.97 Å². The lowest BCUT2D eigenvalue weighted by atomic mass is 10.2. The Bertz CT molecular complexity index is 760. The molecule has 0 saturated heterocycles. The maximum Gasteiger partial charge on any atom is 0.339 e. The Balaban J connectivity index is 1.99. The summed E-state index contributed by atoms with van der Waals surface area (Å²) < 4.78 is 23.6. The third-order valence-corrected chi connectivity index (χ3v) is 3.40. The molecule has 6 heteroatoms. The fourth-order valence-corrected chi connectivity index (χ4v) is 1.95. The zero-order chi connectivity index (χ0) is 17.7. The molecule has 1 N–H and O–H groups in total. The smallest absolute Gasteiger partial charge is 0.339 e. The molecule has 0 bridgehead atoms. The van der Waals surface area contributed by atoms with Crippen LogP contribution in [0.2, 0.25) is 0 Å². The molecule has 24 heavy (non-hydrogen) atoms. The number of nitrogens with one attached hydrogen (secondary N) is 1. The van der Waals surface area contributed by atoms with Gasteiger partial charge in [0.05, 0.1) is 12.7 Å². The summed E-state index contributed by atoms with van der Waals surface area (Å²) in [6.45, 7) is 3.07. The van der Waals surface area contributed by atoms with Gasteiger partial charge < -0.3 is 14.8 Å². The molecule has 0 spiro atoms. The molecule has 1 unspecified atom stereocenters. The Morgan fingerprint density at radius 2 is 1.92 bits per heavy atom. The van der Waals surface area contributed by atoms with Crippen molar-refractivity contribution in [1.82, 2.24) is 0 Å². The molecule has 0 fully saturated rings. The lowest BCUT2D eigenvalue weighted by Crippen LogP contribution is -2.30. The molecule has 0 aromatic heterocycles. The van der Waals surface area contributed by atoms with E-state index in [1.807, 2.05) is 0 Å². The number of methoxy groups -OCH3 is 1. The maximum atomic E-state index is 13.5. The van der Waals surface area contributed by atoms with Crippen molar-refractivity contribution in [3.05, 3.63) is 59.4 Å². The Labute approximate surface area is 139 Å². The first-order valence-electron chi connectivity index (χ1n) is 7.32. The van der Waals surface area contributed by atoms with Crippen molar-refractivity contribution < 1.29 is 23.5 Å². The van der Waals surface area contributed by atoms with Gasteiger partial charge in [-0.2, -0.15) is 0 Å². The average molecular weight is 331 g/mol. The third-order valence-electron chi connectivity index (χ3n) is 3.40. The van der Waals surface area contributed by atoms with Crippen molar-refractivity contribution >= 4 is 17.6 Å². The van der Waals surface area contributed by atoms with Crippen LogP contribution in [0.5, 0.6) is 5.75 Å². The number of benzene rings is 2. The van der Waals surface area contributed by atoms with E-state index >= 15 is 0 Å². The van der Waals surface area contributed by atoms with Gasteiger partial charge in [-0.15, -0.1) is 0 Å². The quantitative estimate of drug-likeness (QED) is 0.854. The number of esters is 1. The van der Waals surface area contributed by atoms with E-state index in [9.17, 15) is 14.0 Å². The van der Waals surface area contributed by atoms with Crippen LogP contribution in [0.3, 0.4) is 0 Å². The van der Waals surface area contributed by atoms with E-state index in [-0.39, 0.29) is 5.56 Å². The standard InChI is InChI=1S/C18H18FNO4/c1-11-7-8-14(10-16(11)19)20-17(21)12(2)24-18(22)13-5-4-6-15(9-13)23-3/h4-10,12H,1-3H3,(H,20,21). The minimum absolute atomic E-state index is 0.274. The summed E-state index contributed by atoms with van der Waals surface area (Å²) in [5, 5.41) is 2.51. The van der Waals surface area contributed by atoms with Crippen molar-refractivity contribution in [2.24, 2.45) is 0 Å². The summed E-state index contributed by atoms with van der Waals surface area (Å²) >= 11 is 0. The molecule has 5 nitrogen and oxygen atoms in total. The van der Waals surface area contributed by atoms with E-state index in [0.717, 1.165) is 0 Å². The van der Waals surface area contributed by atoms with Gasteiger partial charge in [0.15, 0.2) is 6.10 Å². The number of amides is 1. The summed E-state index contributed by atoms with van der Waals surface area (Å²) in [5.74, 6) is -1.10. The number of aryl methyl sites for hydroxylation is 1. The van der Waals surface area contributed by atoms with E-state index in [4.69, 9.17) is 9.47 Å². The van der Waals surface area contributed by atoms with E-state index < -0.39 is 23.8 Å². The predicted molar refractivity (Wildman–Crippen MR) is 87.6 cm³/mol. The number of ether oxygens (including phenoxy) is 2. The van der Waals surface area contributed by atoms with Crippen LogP contribution < -0.4 is 10.1 Å². The summed E-state index contributed by atoms with van der Waals surface area (Å²) in [7, 11) is 1.49. The van der Waals surface area contributed by atoms with Gasteiger partial charge in [0, 0.05) is 5.69 Å². The van der Waals surface area contributed by atoms with Gasteiger partial charge in [-0.05, 0) is 49.7 Å². The predicted octanol–water partition coefficient (Wildman–Crippen LogP) is 3.33. The van der Waals surface area contributed by atoms with Crippen LogP contribution in [0.15, 0.2) is 42.5 Å². The fraction of sp³-hybridized carbons (Fsp3) is 0.222. The maximum absolute atomic E-state index is 13.5. The summed E-state index contributed by atoms with van der Waals surface area (Å²) in [4.78, 5) is 24.1. The van der Waals surface area contributed by atoms with Crippen molar-refractivity contribution in [1.29, 1.82) is 0 Å². The second-order valence-electron chi connectivity index (χ2n) is 5.23.